The van der Waals surface area contributed by atoms with Gasteiger partial charge in [0.05, 0.1) is 25.5 Å². The number of fused-ring (bicyclic) bond motifs is 1. The summed E-state index contributed by atoms with van der Waals surface area (Å²) in [5, 5.41) is 4.38. The molecule has 1 aromatic rings. The zero-order valence-corrected chi connectivity index (χ0v) is 13.4. The molecule has 21 heavy (non-hydrogen) atoms. The fourth-order valence-corrected chi connectivity index (χ4v) is 5.18. The molecular formula is C13H21N3O4S. The molecule has 8 heteroatoms. The molecular weight excluding hydrogens is 294 g/mol. The Morgan fingerprint density at radius 2 is 2.33 bits per heavy atom. The normalized spacial score (nSPS) is 30.0. The summed E-state index contributed by atoms with van der Waals surface area (Å²) in [5.74, 6) is 0.196. The monoisotopic (exact) mass is 315 g/mol. The van der Waals surface area contributed by atoms with Gasteiger partial charge in [0.2, 0.25) is 0 Å². The summed E-state index contributed by atoms with van der Waals surface area (Å²) >= 11 is 0. The van der Waals surface area contributed by atoms with E-state index in [1.165, 1.54) is 4.68 Å². The fraction of sp³-hybridized carbons (Fsp3) is 0.769. The van der Waals surface area contributed by atoms with Crippen LogP contribution in [0.1, 0.15) is 5.69 Å². The maximum absolute atomic E-state index is 12.8. The lowest BCUT2D eigenvalue weighted by molar-refractivity contribution is 0.0601. The van der Waals surface area contributed by atoms with Gasteiger partial charge in [0, 0.05) is 38.6 Å². The second-order valence-electron chi connectivity index (χ2n) is 6.05. The van der Waals surface area contributed by atoms with Crippen LogP contribution in [0.5, 0.6) is 0 Å². The molecule has 0 saturated carbocycles. The van der Waals surface area contributed by atoms with Crippen molar-refractivity contribution in [2.24, 2.45) is 18.4 Å². The summed E-state index contributed by atoms with van der Waals surface area (Å²) in [7, 11) is -0.222. The Morgan fingerprint density at radius 1 is 1.57 bits per heavy atom. The number of hydrogen-bond donors (Lipinski definition) is 0. The number of aromatic nitrogens is 2. The standard InChI is InChI=1S/C13H21N3O4S/c1-10-4-12(15(2)14-10)21(17,18)16-5-11-6-20-9-13(11,7-16)8-19-3/h4,11H,5-9H2,1-3H3/t11-,13-/m0/s1. The van der Waals surface area contributed by atoms with Crippen LogP contribution in [-0.2, 0) is 26.5 Å². The van der Waals surface area contributed by atoms with Crippen LogP contribution in [0, 0.1) is 18.3 Å². The van der Waals surface area contributed by atoms with Crippen molar-refractivity contribution in [3.05, 3.63) is 11.8 Å². The maximum atomic E-state index is 12.8. The van der Waals surface area contributed by atoms with Gasteiger partial charge in [-0.1, -0.05) is 0 Å². The van der Waals surface area contributed by atoms with E-state index in [0.717, 1.165) is 0 Å². The van der Waals surface area contributed by atoms with E-state index in [9.17, 15) is 8.42 Å². The van der Waals surface area contributed by atoms with Crippen molar-refractivity contribution in [1.82, 2.24) is 14.1 Å². The highest BCUT2D eigenvalue weighted by molar-refractivity contribution is 7.89. The first-order valence-electron chi connectivity index (χ1n) is 6.96. The molecule has 0 spiro atoms. The van der Waals surface area contributed by atoms with Gasteiger partial charge in [0.15, 0.2) is 5.03 Å². The number of nitrogens with zero attached hydrogens (tertiary/aromatic N) is 3. The molecule has 2 atom stereocenters. The minimum Gasteiger partial charge on any atom is -0.384 e. The highest BCUT2D eigenvalue weighted by Gasteiger charge is 2.54. The lowest BCUT2D eigenvalue weighted by Gasteiger charge is -2.25. The number of sulfonamides is 1. The first-order chi connectivity index (χ1) is 9.89. The summed E-state index contributed by atoms with van der Waals surface area (Å²) in [6.45, 7) is 4.39. The van der Waals surface area contributed by atoms with E-state index in [0.29, 0.717) is 38.6 Å². The van der Waals surface area contributed by atoms with Crippen molar-refractivity contribution >= 4 is 10.0 Å². The van der Waals surface area contributed by atoms with Gasteiger partial charge in [-0.05, 0) is 13.0 Å². The second-order valence-corrected chi connectivity index (χ2v) is 7.94. The van der Waals surface area contributed by atoms with Crippen LogP contribution in [-0.4, -0.2) is 62.5 Å². The first-order valence-corrected chi connectivity index (χ1v) is 8.40. The molecule has 0 aromatic carbocycles. The SMILES string of the molecule is COC[C@@]12COC[C@@H]1CN(S(=O)(=O)c1cc(C)nn1C)C2. The highest BCUT2D eigenvalue weighted by atomic mass is 32.2. The molecule has 3 heterocycles. The highest BCUT2D eigenvalue weighted by Crippen LogP contribution is 2.43. The van der Waals surface area contributed by atoms with E-state index in [2.05, 4.69) is 5.10 Å². The summed E-state index contributed by atoms with van der Waals surface area (Å²) in [5.41, 5.74) is 0.487. The zero-order chi connectivity index (χ0) is 15.3. The predicted molar refractivity (Wildman–Crippen MR) is 75.3 cm³/mol. The van der Waals surface area contributed by atoms with E-state index < -0.39 is 10.0 Å². The average Bonchev–Trinajstić information content (AvgIpc) is 3.01. The third-order valence-corrected chi connectivity index (χ3v) is 6.35. The smallest absolute Gasteiger partial charge is 0.260 e. The van der Waals surface area contributed by atoms with Crippen LogP contribution in [0.2, 0.25) is 0 Å². The number of methoxy groups -OCH3 is 1. The summed E-state index contributed by atoms with van der Waals surface area (Å²) < 4.78 is 39.5. The molecule has 0 unspecified atom stereocenters. The Kier molecular flexibility index (Phi) is 3.59. The summed E-state index contributed by atoms with van der Waals surface area (Å²) in [4.78, 5) is 0. The first kappa shape index (κ1) is 15.0. The van der Waals surface area contributed by atoms with E-state index in [-0.39, 0.29) is 16.4 Å². The Labute approximate surface area is 124 Å². The van der Waals surface area contributed by atoms with Crippen molar-refractivity contribution in [2.75, 3.05) is 40.0 Å². The van der Waals surface area contributed by atoms with E-state index >= 15 is 0 Å². The predicted octanol–water partition coefficient (Wildman–Crippen LogP) is 0.0120. The van der Waals surface area contributed by atoms with Crippen molar-refractivity contribution in [1.29, 1.82) is 0 Å². The maximum Gasteiger partial charge on any atom is 0.260 e. The molecule has 118 valence electrons. The van der Waals surface area contributed by atoms with Crippen LogP contribution in [0.15, 0.2) is 11.1 Å². The van der Waals surface area contributed by atoms with Gasteiger partial charge >= 0.3 is 0 Å². The number of aryl methyl sites for hydroxylation is 2. The van der Waals surface area contributed by atoms with Crippen molar-refractivity contribution < 1.29 is 17.9 Å². The fourth-order valence-electron chi connectivity index (χ4n) is 3.42. The minimum absolute atomic E-state index is 0.196. The number of rotatable bonds is 4. The van der Waals surface area contributed by atoms with Crippen LogP contribution in [0.3, 0.4) is 0 Å². The molecule has 0 radical (unpaired) electrons. The number of ether oxygens (including phenoxy) is 2. The van der Waals surface area contributed by atoms with Gasteiger partial charge in [-0.3, -0.25) is 4.68 Å². The van der Waals surface area contributed by atoms with Crippen LogP contribution in [0.4, 0.5) is 0 Å². The summed E-state index contributed by atoms with van der Waals surface area (Å²) in [6, 6.07) is 1.61. The number of hydrogen-bond acceptors (Lipinski definition) is 5. The van der Waals surface area contributed by atoms with Crippen LogP contribution < -0.4 is 0 Å². The Balaban J connectivity index is 1.90. The minimum atomic E-state index is -3.52. The largest absolute Gasteiger partial charge is 0.384 e. The van der Waals surface area contributed by atoms with E-state index in [1.807, 2.05) is 0 Å². The lowest BCUT2D eigenvalue weighted by atomic mass is 9.82. The third kappa shape index (κ3) is 2.30. The lowest BCUT2D eigenvalue weighted by Crippen LogP contribution is -2.37. The quantitative estimate of drug-likeness (QED) is 0.783. The molecule has 1 aromatic heterocycles. The molecule has 2 aliphatic heterocycles. The molecule has 2 aliphatic rings. The van der Waals surface area contributed by atoms with Gasteiger partial charge in [-0.2, -0.15) is 9.40 Å². The molecule has 0 amide bonds. The molecule has 0 N–H and O–H groups in total. The molecule has 2 saturated heterocycles. The van der Waals surface area contributed by atoms with Crippen LogP contribution >= 0.6 is 0 Å². The van der Waals surface area contributed by atoms with Gasteiger partial charge in [-0.25, -0.2) is 8.42 Å². The molecule has 2 fully saturated rings. The van der Waals surface area contributed by atoms with Crippen LogP contribution in [0.25, 0.3) is 0 Å². The molecule has 0 aliphatic carbocycles. The molecule has 7 nitrogen and oxygen atoms in total. The topological polar surface area (TPSA) is 73.7 Å². The molecule has 3 rings (SSSR count). The van der Waals surface area contributed by atoms with E-state index in [1.54, 1.807) is 31.5 Å². The second kappa shape index (κ2) is 5.05. The van der Waals surface area contributed by atoms with Crippen molar-refractivity contribution in [3.63, 3.8) is 0 Å². The Morgan fingerprint density at radius 3 is 2.95 bits per heavy atom. The Bertz CT molecular complexity index is 642. The summed E-state index contributed by atoms with van der Waals surface area (Å²) in [6.07, 6.45) is 0. The van der Waals surface area contributed by atoms with Gasteiger partial charge in [0.25, 0.3) is 10.0 Å². The van der Waals surface area contributed by atoms with Crippen molar-refractivity contribution in [3.8, 4) is 0 Å². The van der Waals surface area contributed by atoms with Gasteiger partial charge in [-0.15, -0.1) is 0 Å². The third-order valence-electron chi connectivity index (χ3n) is 4.48. The average molecular weight is 315 g/mol. The van der Waals surface area contributed by atoms with E-state index in [4.69, 9.17) is 9.47 Å². The van der Waals surface area contributed by atoms with Gasteiger partial charge < -0.3 is 9.47 Å². The zero-order valence-electron chi connectivity index (χ0n) is 12.6. The van der Waals surface area contributed by atoms with Crippen molar-refractivity contribution in [2.45, 2.75) is 11.9 Å². The molecule has 0 bridgehead atoms. The Hall–Kier alpha value is -0.960. The van der Waals surface area contributed by atoms with Gasteiger partial charge in [0.1, 0.15) is 0 Å².